The van der Waals surface area contributed by atoms with E-state index in [1.54, 1.807) is 19.2 Å². The molecule has 1 aliphatic carbocycles. The van der Waals surface area contributed by atoms with Gasteiger partial charge in [-0.2, -0.15) is 0 Å². The van der Waals surface area contributed by atoms with Gasteiger partial charge in [-0.3, -0.25) is 9.78 Å². The fourth-order valence-corrected chi connectivity index (χ4v) is 2.49. The van der Waals surface area contributed by atoms with E-state index in [4.69, 9.17) is 9.47 Å². The van der Waals surface area contributed by atoms with Crippen LogP contribution in [-0.4, -0.2) is 47.6 Å². The van der Waals surface area contributed by atoms with E-state index in [1.165, 1.54) is 18.1 Å². The third kappa shape index (κ3) is 4.28. The monoisotopic (exact) mass is 320 g/mol. The van der Waals surface area contributed by atoms with Crippen LogP contribution in [-0.2, 0) is 14.3 Å². The van der Waals surface area contributed by atoms with Gasteiger partial charge in [0.15, 0.2) is 5.78 Å². The van der Waals surface area contributed by atoms with Gasteiger partial charge in [0.25, 0.3) is 0 Å². The van der Waals surface area contributed by atoms with E-state index in [0.717, 1.165) is 18.4 Å². The summed E-state index contributed by atoms with van der Waals surface area (Å²) in [4.78, 5) is 40.7. The van der Waals surface area contributed by atoms with Crippen molar-refractivity contribution in [2.24, 2.45) is 0 Å². The number of esters is 1. The Labute approximate surface area is 134 Å². The van der Waals surface area contributed by atoms with Crippen molar-refractivity contribution in [3.8, 4) is 0 Å². The largest absolute Gasteiger partial charge is 0.424 e. The molecule has 1 unspecified atom stereocenters. The minimum absolute atomic E-state index is 0.0404. The standard InChI is InChI=1S/C16H20N2O5/c1-11-7-8-17-9-12(11)15(20)22-10-23-16(21)18(2)13-5-3-4-6-14(13)19/h7-9,13H,3-6,10H2,1-2H3. The second-order valence-corrected chi connectivity index (χ2v) is 5.49. The molecule has 7 nitrogen and oxygen atoms in total. The molecule has 124 valence electrons. The molecule has 0 radical (unpaired) electrons. The lowest BCUT2D eigenvalue weighted by molar-refractivity contribution is -0.125. The van der Waals surface area contributed by atoms with Gasteiger partial charge in [-0.25, -0.2) is 9.59 Å². The van der Waals surface area contributed by atoms with E-state index in [-0.39, 0.29) is 5.78 Å². The van der Waals surface area contributed by atoms with Gasteiger partial charge in [0, 0.05) is 25.9 Å². The Morgan fingerprint density at radius 2 is 2.13 bits per heavy atom. The fourth-order valence-electron chi connectivity index (χ4n) is 2.49. The van der Waals surface area contributed by atoms with E-state index in [2.05, 4.69) is 4.98 Å². The van der Waals surface area contributed by atoms with Gasteiger partial charge in [-0.15, -0.1) is 0 Å². The Morgan fingerprint density at radius 1 is 1.35 bits per heavy atom. The van der Waals surface area contributed by atoms with Crippen LogP contribution in [0.15, 0.2) is 18.5 Å². The molecule has 0 N–H and O–H groups in total. The maximum atomic E-state index is 11.9. The smallest absolute Gasteiger partial charge is 0.413 e. The number of hydrogen-bond donors (Lipinski definition) is 0. The van der Waals surface area contributed by atoms with Crippen LogP contribution in [0.2, 0.25) is 0 Å². The Hall–Kier alpha value is -2.44. The molecule has 1 aromatic rings. The third-order valence-electron chi connectivity index (χ3n) is 3.91. The molecule has 0 spiro atoms. The SMILES string of the molecule is Cc1ccncc1C(=O)OCOC(=O)N(C)C1CCCCC1=O. The first-order valence-corrected chi connectivity index (χ1v) is 7.50. The maximum Gasteiger partial charge on any atom is 0.413 e. The number of amides is 1. The first kappa shape index (κ1) is 16.9. The highest BCUT2D eigenvalue weighted by Gasteiger charge is 2.29. The summed E-state index contributed by atoms with van der Waals surface area (Å²) in [5.74, 6) is -0.571. The van der Waals surface area contributed by atoms with Gasteiger partial charge in [0.1, 0.15) is 0 Å². The number of aromatic nitrogens is 1. The van der Waals surface area contributed by atoms with Crippen LogP contribution < -0.4 is 0 Å². The summed E-state index contributed by atoms with van der Waals surface area (Å²) in [5, 5.41) is 0. The quantitative estimate of drug-likeness (QED) is 0.623. The van der Waals surface area contributed by atoms with E-state index in [9.17, 15) is 14.4 Å². The highest BCUT2D eigenvalue weighted by Crippen LogP contribution is 2.19. The van der Waals surface area contributed by atoms with E-state index < -0.39 is 24.9 Å². The summed E-state index contributed by atoms with van der Waals surface area (Å²) in [6, 6.07) is 1.23. The van der Waals surface area contributed by atoms with Crippen molar-refractivity contribution in [1.82, 2.24) is 9.88 Å². The summed E-state index contributed by atoms with van der Waals surface area (Å²) < 4.78 is 9.82. The number of nitrogens with zero attached hydrogens (tertiary/aromatic N) is 2. The van der Waals surface area contributed by atoms with Crippen molar-refractivity contribution >= 4 is 17.8 Å². The number of pyridine rings is 1. The zero-order valence-electron chi connectivity index (χ0n) is 13.3. The van der Waals surface area contributed by atoms with Gasteiger partial charge < -0.3 is 14.4 Å². The molecule has 0 bridgehead atoms. The molecule has 1 atom stereocenters. The Bertz CT molecular complexity index is 602. The number of rotatable bonds is 4. The van der Waals surface area contributed by atoms with Crippen molar-refractivity contribution in [1.29, 1.82) is 0 Å². The van der Waals surface area contributed by atoms with Crippen LogP contribution in [0, 0.1) is 6.92 Å². The van der Waals surface area contributed by atoms with Crippen molar-refractivity contribution < 1.29 is 23.9 Å². The average Bonchev–Trinajstić information content (AvgIpc) is 2.54. The minimum atomic E-state index is -0.680. The molecule has 0 aliphatic heterocycles. The maximum absolute atomic E-state index is 11.9. The Kier molecular flexibility index (Phi) is 5.67. The summed E-state index contributed by atoms with van der Waals surface area (Å²) in [7, 11) is 1.52. The molecular formula is C16H20N2O5. The molecule has 1 amide bonds. The van der Waals surface area contributed by atoms with Gasteiger partial charge in [0.2, 0.25) is 6.79 Å². The number of carbonyl (C=O) groups excluding carboxylic acids is 3. The van der Waals surface area contributed by atoms with Crippen LogP contribution in [0.3, 0.4) is 0 Å². The Balaban J connectivity index is 1.81. The number of ether oxygens (including phenoxy) is 2. The zero-order valence-corrected chi connectivity index (χ0v) is 13.3. The van der Waals surface area contributed by atoms with E-state index in [0.29, 0.717) is 18.4 Å². The lowest BCUT2D eigenvalue weighted by atomic mass is 9.93. The van der Waals surface area contributed by atoms with Crippen LogP contribution in [0.5, 0.6) is 0 Å². The normalized spacial score (nSPS) is 17.5. The molecule has 7 heteroatoms. The van der Waals surface area contributed by atoms with Crippen LogP contribution in [0.1, 0.15) is 41.6 Å². The number of ketones is 1. The van der Waals surface area contributed by atoms with E-state index in [1.807, 2.05) is 0 Å². The van der Waals surface area contributed by atoms with Crippen LogP contribution >= 0.6 is 0 Å². The first-order chi connectivity index (χ1) is 11.0. The fraction of sp³-hybridized carbons (Fsp3) is 0.500. The number of Topliss-reactive ketones (excluding diaryl/α,β-unsaturated/α-hetero) is 1. The molecular weight excluding hydrogens is 300 g/mol. The Morgan fingerprint density at radius 3 is 2.83 bits per heavy atom. The molecule has 2 rings (SSSR count). The van der Waals surface area contributed by atoms with E-state index >= 15 is 0 Å². The van der Waals surface area contributed by atoms with Crippen LogP contribution in [0.4, 0.5) is 4.79 Å². The topological polar surface area (TPSA) is 85.8 Å². The molecule has 1 aromatic heterocycles. The lowest BCUT2D eigenvalue weighted by Crippen LogP contribution is -2.44. The number of likely N-dealkylation sites (N-methyl/N-ethyl adjacent to an activating group) is 1. The molecule has 1 aliphatic rings. The first-order valence-electron chi connectivity index (χ1n) is 7.50. The zero-order chi connectivity index (χ0) is 16.8. The van der Waals surface area contributed by atoms with Crippen molar-refractivity contribution in [2.45, 2.75) is 38.6 Å². The number of hydrogen-bond acceptors (Lipinski definition) is 6. The summed E-state index contributed by atoms with van der Waals surface area (Å²) in [5.41, 5.74) is 1.04. The second-order valence-electron chi connectivity index (χ2n) is 5.49. The van der Waals surface area contributed by atoms with Gasteiger partial charge in [-0.1, -0.05) is 6.42 Å². The van der Waals surface area contributed by atoms with Gasteiger partial charge in [0.05, 0.1) is 11.6 Å². The molecule has 1 heterocycles. The average molecular weight is 320 g/mol. The molecule has 0 saturated heterocycles. The van der Waals surface area contributed by atoms with Crippen molar-refractivity contribution in [3.63, 3.8) is 0 Å². The number of aryl methyl sites for hydroxylation is 1. The van der Waals surface area contributed by atoms with Crippen LogP contribution in [0.25, 0.3) is 0 Å². The second kappa shape index (κ2) is 7.71. The summed E-state index contributed by atoms with van der Waals surface area (Å²) >= 11 is 0. The highest BCUT2D eigenvalue weighted by atomic mass is 16.7. The molecule has 23 heavy (non-hydrogen) atoms. The van der Waals surface area contributed by atoms with Crippen molar-refractivity contribution in [3.05, 3.63) is 29.6 Å². The predicted octanol–water partition coefficient (Wildman–Crippen LogP) is 2.08. The summed E-state index contributed by atoms with van der Waals surface area (Å²) in [6.45, 7) is 1.25. The minimum Gasteiger partial charge on any atom is -0.424 e. The van der Waals surface area contributed by atoms with Gasteiger partial charge in [-0.05, 0) is 31.4 Å². The molecule has 1 fully saturated rings. The highest BCUT2D eigenvalue weighted by molar-refractivity contribution is 5.90. The molecule has 0 aromatic carbocycles. The van der Waals surface area contributed by atoms with Gasteiger partial charge >= 0.3 is 12.1 Å². The third-order valence-corrected chi connectivity index (χ3v) is 3.91. The predicted molar refractivity (Wildman–Crippen MR) is 80.8 cm³/mol. The number of carbonyl (C=O) groups is 3. The molecule has 1 saturated carbocycles. The van der Waals surface area contributed by atoms with Crippen molar-refractivity contribution in [2.75, 3.05) is 13.8 Å². The summed E-state index contributed by atoms with van der Waals surface area (Å²) in [6.07, 6.45) is 5.18. The lowest BCUT2D eigenvalue weighted by Gasteiger charge is -2.29.